The van der Waals surface area contributed by atoms with E-state index in [9.17, 15) is 32.9 Å². The number of hydrogen-bond donors (Lipinski definition) is 1. The van der Waals surface area contributed by atoms with Gasteiger partial charge in [0.05, 0.1) is 22.5 Å². The number of methoxy groups -OCH3 is 1. The number of pyridine rings is 1. The van der Waals surface area contributed by atoms with Crippen molar-refractivity contribution in [1.82, 2.24) is 8.87 Å². The molecular weight excluding hydrogens is 432 g/mol. The first-order valence-electron chi connectivity index (χ1n) is 8.68. The molecule has 0 atom stereocenters. The first-order chi connectivity index (χ1) is 14.4. The lowest BCUT2D eigenvalue weighted by atomic mass is 10.2. The lowest BCUT2D eigenvalue weighted by Crippen LogP contribution is -2.29. The Morgan fingerprint density at radius 3 is 2.45 bits per heavy atom. The maximum Gasteiger partial charge on any atom is 0.339 e. The molecule has 1 N–H and O–H groups in total. The van der Waals surface area contributed by atoms with Crippen LogP contribution >= 0.6 is 0 Å². The minimum absolute atomic E-state index is 0.0178. The predicted molar refractivity (Wildman–Crippen MR) is 109 cm³/mol. The van der Waals surface area contributed by atoms with Gasteiger partial charge in [0.25, 0.3) is 0 Å². The average molecular weight is 452 g/mol. The molecule has 0 saturated carbocycles. The molecule has 0 radical (unpaired) electrons. The monoisotopic (exact) mass is 452 g/mol. The second kappa shape index (κ2) is 9.06. The van der Waals surface area contributed by atoms with Gasteiger partial charge in [0.1, 0.15) is 6.54 Å². The quantitative estimate of drug-likeness (QED) is 0.366. The molecule has 0 saturated heterocycles. The van der Waals surface area contributed by atoms with Crippen molar-refractivity contribution in [2.45, 2.75) is 18.4 Å². The molecule has 12 nitrogen and oxygen atoms in total. The third kappa shape index (κ3) is 5.13. The van der Waals surface area contributed by atoms with Crippen molar-refractivity contribution in [1.29, 1.82) is 0 Å². The van der Waals surface area contributed by atoms with E-state index in [1.807, 2.05) is 0 Å². The molecule has 2 aromatic rings. The van der Waals surface area contributed by atoms with Crippen LogP contribution in [0.3, 0.4) is 0 Å². The van der Waals surface area contributed by atoms with Crippen molar-refractivity contribution in [2.75, 3.05) is 26.5 Å². The summed E-state index contributed by atoms with van der Waals surface area (Å²) in [5.74, 6) is -1.69. The smallest absolute Gasteiger partial charge is 0.339 e. The summed E-state index contributed by atoms with van der Waals surface area (Å²) >= 11 is 0. The molecular formula is C18H20N4O8S. The lowest BCUT2D eigenvalue weighted by Gasteiger charge is -2.15. The molecule has 0 aliphatic carbocycles. The van der Waals surface area contributed by atoms with Gasteiger partial charge in [0.15, 0.2) is 0 Å². The van der Waals surface area contributed by atoms with E-state index in [1.54, 1.807) is 6.92 Å². The molecule has 0 aliphatic rings. The Morgan fingerprint density at radius 1 is 1.26 bits per heavy atom. The van der Waals surface area contributed by atoms with Crippen LogP contribution in [0, 0.1) is 17.0 Å². The van der Waals surface area contributed by atoms with Crippen molar-refractivity contribution in [3.8, 4) is 0 Å². The summed E-state index contributed by atoms with van der Waals surface area (Å²) in [5.41, 5.74) is -1.67. The molecule has 1 aromatic carbocycles. The van der Waals surface area contributed by atoms with Gasteiger partial charge in [-0.3, -0.25) is 24.3 Å². The van der Waals surface area contributed by atoms with Crippen LogP contribution in [0.1, 0.15) is 15.9 Å². The molecule has 0 unspecified atom stereocenters. The number of nitro groups is 1. The number of esters is 1. The number of amides is 1. The second-order valence-corrected chi connectivity index (χ2v) is 8.73. The largest absolute Gasteiger partial charge is 0.465 e. The Kier molecular flexibility index (Phi) is 6.92. The molecule has 0 bridgehead atoms. The van der Waals surface area contributed by atoms with E-state index in [4.69, 9.17) is 0 Å². The van der Waals surface area contributed by atoms with Gasteiger partial charge in [0, 0.05) is 32.0 Å². The van der Waals surface area contributed by atoms with Crippen molar-refractivity contribution in [3.63, 3.8) is 0 Å². The summed E-state index contributed by atoms with van der Waals surface area (Å²) < 4.78 is 31.1. The molecule has 166 valence electrons. The Labute approximate surface area is 177 Å². The Morgan fingerprint density at radius 2 is 1.90 bits per heavy atom. The minimum Gasteiger partial charge on any atom is -0.465 e. The standard InChI is InChI=1S/C18H20N4O8S/c1-11-5-6-13(8-15(11)31(28,29)20(2)3)19-16(23)10-21-9-12(18(25)30-4)7-14(17(21)24)22(26)27/h5-9H,10H2,1-4H3,(H,19,23). The van der Waals surface area contributed by atoms with E-state index in [2.05, 4.69) is 10.1 Å². The number of ether oxygens (including phenoxy) is 1. The maximum atomic E-state index is 12.4. The van der Waals surface area contributed by atoms with Gasteiger partial charge in [-0.2, -0.15) is 0 Å². The predicted octanol–water partition coefficient (Wildman–Crippen LogP) is 0.741. The molecule has 0 spiro atoms. The van der Waals surface area contributed by atoms with Crippen LogP contribution in [-0.4, -0.2) is 55.3 Å². The summed E-state index contributed by atoms with van der Waals surface area (Å²) in [5, 5.41) is 13.6. The highest BCUT2D eigenvalue weighted by Gasteiger charge is 2.23. The van der Waals surface area contributed by atoms with Gasteiger partial charge >= 0.3 is 17.2 Å². The number of rotatable bonds is 7. The highest BCUT2D eigenvalue weighted by molar-refractivity contribution is 7.89. The van der Waals surface area contributed by atoms with Gasteiger partial charge in [-0.05, 0) is 24.6 Å². The lowest BCUT2D eigenvalue weighted by molar-refractivity contribution is -0.386. The molecule has 13 heteroatoms. The van der Waals surface area contributed by atoms with E-state index < -0.39 is 44.6 Å². The first-order valence-corrected chi connectivity index (χ1v) is 10.1. The van der Waals surface area contributed by atoms with Gasteiger partial charge in [-0.1, -0.05) is 6.07 Å². The number of sulfonamides is 1. The van der Waals surface area contributed by atoms with Crippen LogP contribution in [-0.2, 0) is 26.1 Å². The summed E-state index contributed by atoms with van der Waals surface area (Å²) in [6.07, 6.45) is 0.970. The fraction of sp³-hybridized carbons (Fsp3) is 0.278. The van der Waals surface area contributed by atoms with Crippen LogP contribution in [0.5, 0.6) is 0 Å². The highest BCUT2D eigenvalue weighted by atomic mass is 32.2. The zero-order valence-corrected chi connectivity index (χ0v) is 17.9. The number of anilines is 1. The fourth-order valence-corrected chi connectivity index (χ4v) is 3.75. The van der Waals surface area contributed by atoms with E-state index >= 15 is 0 Å². The highest BCUT2D eigenvalue weighted by Crippen LogP contribution is 2.22. The van der Waals surface area contributed by atoms with Gasteiger partial charge in [-0.25, -0.2) is 17.5 Å². The molecule has 31 heavy (non-hydrogen) atoms. The zero-order chi connectivity index (χ0) is 23.5. The van der Waals surface area contributed by atoms with Crippen LogP contribution < -0.4 is 10.9 Å². The third-order valence-corrected chi connectivity index (χ3v) is 6.19. The Bertz CT molecular complexity index is 1220. The molecule has 2 rings (SSSR count). The van der Waals surface area contributed by atoms with E-state index in [0.29, 0.717) is 10.1 Å². The number of carbonyl (C=O) groups excluding carboxylic acids is 2. The van der Waals surface area contributed by atoms with Crippen LogP contribution in [0.15, 0.2) is 40.2 Å². The average Bonchev–Trinajstić information content (AvgIpc) is 2.69. The number of aromatic nitrogens is 1. The van der Waals surface area contributed by atoms with E-state index in [-0.39, 0.29) is 16.1 Å². The molecule has 1 aromatic heterocycles. The molecule has 0 fully saturated rings. The molecule has 1 heterocycles. The first kappa shape index (κ1) is 23.7. The number of carbonyl (C=O) groups is 2. The summed E-state index contributed by atoms with van der Waals surface area (Å²) in [4.78, 5) is 46.5. The number of aryl methyl sites for hydroxylation is 1. The Hall–Kier alpha value is -3.58. The summed E-state index contributed by atoms with van der Waals surface area (Å²) in [6.45, 7) is 0.938. The van der Waals surface area contributed by atoms with Crippen LogP contribution in [0.25, 0.3) is 0 Å². The molecule has 1 amide bonds. The fourth-order valence-electron chi connectivity index (χ4n) is 2.61. The number of nitrogens with zero attached hydrogens (tertiary/aromatic N) is 3. The maximum absolute atomic E-state index is 12.4. The van der Waals surface area contributed by atoms with Crippen molar-refractivity contribution in [3.05, 3.63) is 62.1 Å². The third-order valence-electron chi connectivity index (χ3n) is 4.23. The topological polar surface area (TPSA) is 158 Å². The zero-order valence-electron chi connectivity index (χ0n) is 17.1. The van der Waals surface area contributed by atoms with E-state index in [0.717, 1.165) is 23.7 Å². The number of hydrogen-bond acceptors (Lipinski definition) is 8. The van der Waals surface area contributed by atoms with Gasteiger partial charge < -0.3 is 10.1 Å². The number of nitrogens with one attached hydrogen (secondary N) is 1. The summed E-state index contributed by atoms with van der Waals surface area (Å²) in [7, 11) is 0.0358. The SMILES string of the molecule is COC(=O)c1cc([N+](=O)[O-])c(=O)n(CC(=O)Nc2ccc(C)c(S(=O)(=O)N(C)C)c2)c1. The minimum atomic E-state index is -3.76. The number of benzene rings is 1. The van der Waals surface area contributed by atoms with Crippen LogP contribution in [0.4, 0.5) is 11.4 Å². The van der Waals surface area contributed by atoms with Gasteiger partial charge in [-0.15, -0.1) is 0 Å². The molecule has 0 aliphatic heterocycles. The van der Waals surface area contributed by atoms with Crippen molar-refractivity contribution in [2.24, 2.45) is 0 Å². The Balaban J connectivity index is 2.37. The second-order valence-electron chi connectivity index (χ2n) is 6.61. The summed E-state index contributed by atoms with van der Waals surface area (Å²) in [6, 6.07) is 5.00. The van der Waals surface area contributed by atoms with Crippen molar-refractivity contribution < 1.29 is 27.7 Å². The van der Waals surface area contributed by atoms with E-state index in [1.165, 1.54) is 32.3 Å². The van der Waals surface area contributed by atoms with Gasteiger partial charge in [0.2, 0.25) is 15.9 Å². The normalized spacial score (nSPS) is 11.3. The van der Waals surface area contributed by atoms with Crippen molar-refractivity contribution >= 4 is 33.3 Å². The van der Waals surface area contributed by atoms with Crippen LogP contribution in [0.2, 0.25) is 0 Å².